The molecule has 2 fully saturated rings. The third kappa shape index (κ3) is 4.50. The fourth-order valence-electron chi connectivity index (χ4n) is 2.75. The van der Waals surface area contributed by atoms with E-state index in [1.807, 2.05) is 5.32 Å². The molecular formula is C13H19F3N2O3. The van der Waals surface area contributed by atoms with Crippen LogP contribution in [0.25, 0.3) is 0 Å². The minimum absolute atomic E-state index is 0.256. The highest BCUT2D eigenvalue weighted by Gasteiger charge is 2.49. The molecular weight excluding hydrogens is 289 g/mol. The number of halogens is 3. The second-order valence-electron chi connectivity index (χ2n) is 5.86. The average molecular weight is 308 g/mol. The second kappa shape index (κ2) is 6.11. The van der Waals surface area contributed by atoms with Gasteiger partial charge in [0.25, 0.3) is 0 Å². The van der Waals surface area contributed by atoms with Gasteiger partial charge in [0.2, 0.25) is 0 Å². The summed E-state index contributed by atoms with van der Waals surface area (Å²) in [6, 6.07) is -2.86. The quantitative estimate of drug-likeness (QED) is 0.745. The van der Waals surface area contributed by atoms with Gasteiger partial charge in [-0.3, -0.25) is 4.79 Å². The van der Waals surface area contributed by atoms with Crippen molar-refractivity contribution in [3.05, 3.63) is 0 Å². The number of rotatable bonds is 4. The number of aliphatic carboxylic acids is 1. The van der Waals surface area contributed by atoms with Crippen molar-refractivity contribution in [3.63, 3.8) is 0 Å². The maximum absolute atomic E-state index is 12.8. The van der Waals surface area contributed by atoms with Gasteiger partial charge in [0, 0.05) is 6.04 Å². The zero-order valence-electron chi connectivity index (χ0n) is 11.4. The second-order valence-corrected chi connectivity index (χ2v) is 5.86. The standard InChI is InChI=1S/C13H19F3N2O3/c14-13(15,16)10(7-1-2-7)18-12(21)17-9-5-3-8(4-6-9)11(19)20/h7-10H,1-6H2,(H,19,20)(H2,17,18,21). The van der Waals surface area contributed by atoms with Gasteiger partial charge >= 0.3 is 18.2 Å². The topological polar surface area (TPSA) is 78.4 Å². The molecule has 2 saturated carbocycles. The van der Waals surface area contributed by atoms with Gasteiger partial charge in [0.15, 0.2) is 0 Å². The minimum atomic E-state index is -4.43. The summed E-state index contributed by atoms with van der Waals surface area (Å²) in [6.45, 7) is 0. The summed E-state index contributed by atoms with van der Waals surface area (Å²) in [5, 5.41) is 13.4. The molecule has 0 heterocycles. The number of carboxylic acids is 1. The van der Waals surface area contributed by atoms with Gasteiger partial charge < -0.3 is 15.7 Å². The Hall–Kier alpha value is -1.47. The largest absolute Gasteiger partial charge is 0.481 e. The van der Waals surface area contributed by atoms with Gasteiger partial charge in [-0.1, -0.05) is 0 Å². The van der Waals surface area contributed by atoms with Gasteiger partial charge in [-0.15, -0.1) is 0 Å². The molecule has 0 spiro atoms. The van der Waals surface area contributed by atoms with Crippen LogP contribution in [0.5, 0.6) is 0 Å². The first kappa shape index (κ1) is 15.9. The Morgan fingerprint density at radius 1 is 1.05 bits per heavy atom. The summed E-state index contributed by atoms with van der Waals surface area (Å²) in [7, 11) is 0. The van der Waals surface area contributed by atoms with Crippen LogP contribution in [0.15, 0.2) is 0 Å². The fraction of sp³-hybridized carbons (Fsp3) is 0.846. The molecule has 2 rings (SSSR count). The number of alkyl halides is 3. The zero-order valence-corrected chi connectivity index (χ0v) is 11.4. The Balaban J connectivity index is 1.78. The van der Waals surface area contributed by atoms with Gasteiger partial charge in [-0.2, -0.15) is 13.2 Å². The molecule has 21 heavy (non-hydrogen) atoms. The molecule has 2 aliphatic rings. The van der Waals surface area contributed by atoms with Crippen molar-refractivity contribution in [2.24, 2.45) is 11.8 Å². The first-order valence-electron chi connectivity index (χ1n) is 7.14. The van der Waals surface area contributed by atoms with E-state index < -0.39 is 36.1 Å². The van der Waals surface area contributed by atoms with Crippen LogP contribution < -0.4 is 10.6 Å². The van der Waals surface area contributed by atoms with Gasteiger partial charge in [0.1, 0.15) is 6.04 Å². The number of carbonyl (C=O) groups excluding carboxylic acids is 1. The molecule has 5 nitrogen and oxygen atoms in total. The van der Waals surface area contributed by atoms with E-state index in [0.717, 1.165) is 0 Å². The molecule has 0 aromatic carbocycles. The third-order valence-electron chi connectivity index (χ3n) is 4.14. The molecule has 3 N–H and O–H groups in total. The van der Waals surface area contributed by atoms with Crippen LogP contribution in [0, 0.1) is 11.8 Å². The van der Waals surface area contributed by atoms with E-state index in [4.69, 9.17) is 5.11 Å². The Labute approximate surface area is 120 Å². The monoisotopic (exact) mass is 308 g/mol. The summed E-state index contributed by atoms with van der Waals surface area (Å²) < 4.78 is 38.3. The molecule has 2 amide bonds. The van der Waals surface area contributed by atoms with E-state index >= 15 is 0 Å². The molecule has 0 radical (unpaired) electrons. The van der Waals surface area contributed by atoms with Crippen LogP contribution in [0.2, 0.25) is 0 Å². The van der Waals surface area contributed by atoms with E-state index in [9.17, 15) is 22.8 Å². The van der Waals surface area contributed by atoms with E-state index in [0.29, 0.717) is 38.5 Å². The summed E-state index contributed by atoms with van der Waals surface area (Å²) >= 11 is 0. The van der Waals surface area contributed by atoms with Crippen molar-refractivity contribution in [2.45, 2.75) is 56.8 Å². The number of carboxylic acid groups (broad SMARTS) is 1. The smallest absolute Gasteiger partial charge is 0.408 e. The van der Waals surface area contributed by atoms with Gasteiger partial charge in [0.05, 0.1) is 5.92 Å². The molecule has 0 bridgehead atoms. The van der Waals surface area contributed by atoms with E-state index in [2.05, 4.69) is 5.32 Å². The number of hydrogen-bond acceptors (Lipinski definition) is 2. The molecule has 8 heteroatoms. The Kier molecular flexibility index (Phi) is 4.63. The van der Waals surface area contributed by atoms with Crippen molar-refractivity contribution in [1.82, 2.24) is 10.6 Å². The van der Waals surface area contributed by atoms with Crippen LogP contribution in [-0.2, 0) is 4.79 Å². The summed E-state index contributed by atoms with van der Waals surface area (Å²) in [5.41, 5.74) is 0. The van der Waals surface area contributed by atoms with Crippen molar-refractivity contribution in [2.75, 3.05) is 0 Å². The van der Waals surface area contributed by atoms with E-state index in [-0.39, 0.29) is 6.04 Å². The number of hydrogen-bond donors (Lipinski definition) is 3. The van der Waals surface area contributed by atoms with Crippen LogP contribution in [0.4, 0.5) is 18.0 Å². The highest BCUT2D eigenvalue weighted by atomic mass is 19.4. The van der Waals surface area contributed by atoms with Crippen LogP contribution >= 0.6 is 0 Å². The fourth-order valence-corrected chi connectivity index (χ4v) is 2.75. The molecule has 0 aliphatic heterocycles. The predicted molar refractivity (Wildman–Crippen MR) is 67.6 cm³/mol. The number of amides is 2. The van der Waals surface area contributed by atoms with Crippen LogP contribution in [0.1, 0.15) is 38.5 Å². The van der Waals surface area contributed by atoms with E-state index in [1.165, 1.54) is 0 Å². The van der Waals surface area contributed by atoms with Crippen LogP contribution in [-0.4, -0.2) is 35.4 Å². The Morgan fingerprint density at radius 3 is 2.05 bits per heavy atom. The van der Waals surface area contributed by atoms with Gasteiger partial charge in [-0.25, -0.2) is 4.79 Å². The number of carbonyl (C=O) groups is 2. The summed E-state index contributed by atoms with van der Waals surface area (Å²) in [6.07, 6.45) is -1.64. The summed E-state index contributed by atoms with van der Waals surface area (Å²) in [5.74, 6) is -1.79. The number of urea groups is 1. The van der Waals surface area contributed by atoms with Gasteiger partial charge in [-0.05, 0) is 44.4 Å². The Morgan fingerprint density at radius 2 is 1.62 bits per heavy atom. The minimum Gasteiger partial charge on any atom is -0.481 e. The molecule has 0 saturated heterocycles. The molecule has 2 aliphatic carbocycles. The zero-order chi connectivity index (χ0) is 15.6. The van der Waals surface area contributed by atoms with E-state index in [1.54, 1.807) is 0 Å². The van der Waals surface area contributed by atoms with Crippen molar-refractivity contribution in [3.8, 4) is 0 Å². The highest BCUT2D eigenvalue weighted by molar-refractivity contribution is 5.75. The maximum Gasteiger partial charge on any atom is 0.408 e. The lowest BCUT2D eigenvalue weighted by Gasteiger charge is -2.28. The lowest BCUT2D eigenvalue weighted by Crippen LogP contribution is -2.53. The highest BCUT2D eigenvalue weighted by Crippen LogP contribution is 2.40. The molecule has 0 aromatic heterocycles. The van der Waals surface area contributed by atoms with Crippen molar-refractivity contribution in [1.29, 1.82) is 0 Å². The molecule has 1 unspecified atom stereocenters. The van der Waals surface area contributed by atoms with Crippen molar-refractivity contribution < 1.29 is 27.9 Å². The van der Waals surface area contributed by atoms with Crippen molar-refractivity contribution >= 4 is 12.0 Å². The first-order chi connectivity index (χ1) is 9.77. The normalized spacial score (nSPS) is 27.8. The first-order valence-corrected chi connectivity index (χ1v) is 7.14. The summed E-state index contributed by atoms with van der Waals surface area (Å²) in [4.78, 5) is 22.5. The SMILES string of the molecule is O=C(NC1CCC(C(=O)O)CC1)NC(C1CC1)C(F)(F)F. The lowest BCUT2D eigenvalue weighted by atomic mass is 9.86. The third-order valence-corrected chi connectivity index (χ3v) is 4.14. The van der Waals surface area contributed by atoms with Crippen LogP contribution in [0.3, 0.4) is 0 Å². The number of nitrogens with one attached hydrogen (secondary N) is 2. The Bertz CT molecular complexity index is 402. The maximum atomic E-state index is 12.8. The predicted octanol–water partition coefficient (Wildman–Crippen LogP) is 2.27. The molecule has 0 aromatic rings. The lowest BCUT2D eigenvalue weighted by molar-refractivity contribution is -0.157. The average Bonchev–Trinajstić information content (AvgIpc) is 3.19. The molecule has 1 atom stereocenters. The molecule has 120 valence electrons.